The first kappa shape index (κ1) is 13.7. The molecule has 0 spiro atoms. The molecule has 0 unspecified atom stereocenters. The third-order valence-electron chi connectivity index (χ3n) is 3.21. The highest BCUT2D eigenvalue weighted by Crippen LogP contribution is 2.33. The Kier molecular flexibility index (Phi) is 3.83. The van der Waals surface area contributed by atoms with E-state index in [1.807, 2.05) is 20.8 Å². The summed E-state index contributed by atoms with van der Waals surface area (Å²) in [6, 6.07) is 0.381. The topological polar surface area (TPSA) is 29.1 Å². The predicted octanol–water partition coefficient (Wildman–Crippen LogP) is 3.16. The summed E-state index contributed by atoms with van der Waals surface area (Å²) < 4.78 is 0. The Morgan fingerprint density at radius 3 is 2.06 bits per heavy atom. The van der Waals surface area contributed by atoms with Gasteiger partial charge in [-0.25, -0.2) is 0 Å². The number of carbonyl (C=O) groups is 1. The minimum atomic E-state index is -0.202. The number of hydrogen-bond donors (Lipinski definition) is 1. The van der Waals surface area contributed by atoms with Crippen molar-refractivity contribution in [1.82, 2.24) is 5.32 Å². The average molecular weight is 225 g/mol. The summed E-state index contributed by atoms with van der Waals surface area (Å²) in [6.07, 6.45) is 3.38. The maximum absolute atomic E-state index is 12.3. The van der Waals surface area contributed by atoms with E-state index >= 15 is 0 Å². The Hall–Kier alpha value is -0.370. The second kappa shape index (κ2) is 4.48. The van der Waals surface area contributed by atoms with Crippen molar-refractivity contribution in [2.24, 2.45) is 11.3 Å². The van der Waals surface area contributed by atoms with E-state index in [4.69, 9.17) is 0 Å². The third-order valence-corrected chi connectivity index (χ3v) is 3.21. The van der Waals surface area contributed by atoms with Gasteiger partial charge in [-0.05, 0) is 33.6 Å². The van der Waals surface area contributed by atoms with Crippen LogP contribution in [0.3, 0.4) is 0 Å². The van der Waals surface area contributed by atoms with Crippen LogP contribution in [0.25, 0.3) is 0 Å². The van der Waals surface area contributed by atoms with Crippen molar-refractivity contribution in [1.29, 1.82) is 0 Å². The van der Waals surface area contributed by atoms with Gasteiger partial charge in [-0.15, -0.1) is 0 Å². The first-order valence-electron chi connectivity index (χ1n) is 6.43. The maximum Gasteiger partial charge on any atom is 0.142 e. The van der Waals surface area contributed by atoms with Crippen LogP contribution in [-0.4, -0.2) is 17.4 Å². The maximum atomic E-state index is 12.3. The van der Waals surface area contributed by atoms with Crippen LogP contribution in [0.5, 0.6) is 0 Å². The molecule has 1 aliphatic carbocycles. The molecule has 1 fully saturated rings. The molecule has 94 valence electrons. The van der Waals surface area contributed by atoms with Crippen molar-refractivity contribution in [2.45, 2.75) is 72.4 Å². The lowest BCUT2D eigenvalue weighted by Crippen LogP contribution is -2.48. The lowest BCUT2D eigenvalue weighted by molar-refractivity contribution is -0.130. The molecule has 0 heterocycles. The highest BCUT2D eigenvalue weighted by atomic mass is 16.1. The monoisotopic (exact) mass is 225 g/mol. The number of ketones is 1. The molecule has 0 amide bonds. The Labute approximate surface area is 100 Å². The molecule has 16 heavy (non-hydrogen) atoms. The van der Waals surface area contributed by atoms with Crippen LogP contribution in [0.1, 0.15) is 60.8 Å². The second-order valence-electron chi connectivity index (χ2n) is 7.15. The molecule has 2 atom stereocenters. The van der Waals surface area contributed by atoms with Gasteiger partial charge in [-0.1, -0.05) is 27.2 Å². The van der Waals surface area contributed by atoms with Crippen LogP contribution in [0.15, 0.2) is 0 Å². The van der Waals surface area contributed by atoms with Crippen LogP contribution in [-0.2, 0) is 4.79 Å². The molecule has 1 aliphatic rings. The quantitative estimate of drug-likeness (QED) is 0.782. The summed E-state index contributed by atoms with van der Waals surface area (Å²) in [5.74, 6) is 0.644. The number of Topliss-reactive ketones (excluding diaryl/α,β-unsaturated/α-hetero) is 1. The number of nitrogens with one attached hydrogen (secondary N) is 1. The molecule has 0 radical (unpaired) electrons. The molecular formula is C14H27NO. The second-order valence-corrected chi connectivity index (χ2v) is 7.15. The van der Waals surface area contributed by atoms with Gasteiger partial charge in [0.2, 0.25) is 0 Å². The molecule has 2 heteroatoms. The lowest BCUT2D eigenvalue weighted by atomic mass is 9.80. The molecule has 0 aromatic rings. The van der Waals surface area contributed by atoms with Gasteiger partial charge < -0.3 is 5.32 Å². The van der Waals surface area contributed by atoms with E-state index in [1.54, 1.807) is 0 Å². The summed E-state index contributed by atoms with van der Waals surface area (Å²) in [5.41, 5.74) is -0.0990. The fourth-order valence-corrected chi connectivity index (χ4v) is 2.56. The van der Waals surface area contributed by atoms with Gasteiger partial charge in [0.1, 0.15) is 5.78 Å². The van der Waals surface area contributed by atoms with Crippen LogP contribution in [0.4, 0.5) is 0 Å². The van der Waals surface area contributed by atoms with Gasteiger partial charge in [-0.2, -0.15) is 0 Å². The van der Waals surface area contributed by atoms with Crippen LogP contribution in [0.2, 0.25) is 0 Å². The zero-order chi connectivity index (χ0) is 12.6. The first-order chi connectivity index (χ1) is 7.11. The normalized spacial score (nSPS) is 27.1. The predicted molar refractivity (Wildman–Crippen MR) is 68.5 cm³/mol. The molecule has 0 aromatic carbocycles. The van der Waals surface area contributed by atoms with Crippen LogP contribution in [0, 0.1) is 11.3 Å². The van der Waals surface area contributed by atoms with Gasteiger partial charge in [-0.3, -0.25) is 4.79 Å². The standard InChI is InChI=1S/C14H27NO/c1-13(2,3)12(16)10-8-7-9-11(10)15-14(4,5)6/h10-11,15H,7-9H2,1-6H3/t10-,11-/m1/s1. The van der Waals surface area contributed by atoms with Crippen molar-refractivity contribution in [3.63, 3.8) is 0 Å². The minimum Gasteiger partial charge on any atom is -0.309 e. The smallest absolute Gasteiger partial charge is 0.142 e. The van der Waals surface area contributed by atoms with E-state index in [2.05, 4.69) is 26.1 Å². The Morgan fingerprint density at radius 2 is 1.62 bits per heavy atom. The van der Waals surface area contributed by atoms with Gasteiger partial charge >= 0.3 is 0 Å². The molecule has 0 bridgehead atoms. The Morgan fingerprint density at radius 1 is 1.06 bits per heavy atom. The Balaban J connectivity index is 2.70. The SMILES string of the molecule is CC(C)(C)N[C@@H]1CCC[C@H]1C(=O)C(C)(C)C. The van der Waals surface area contributed by atoms with E-state index in [-0.39, 0.29) is 16.9 Å². The number of hydrogen-bond acceptors (Lipinski definition) is 2. The molecule has 1 N–H and O–H groups in total. The van der Waals surface area contributed by atoms with Crippen LogP contribution < -0.4 is 5.32 Å². The minimum absolute atomic E-state index is 0.103. The van der Waals surface area contributed by atoms with E-state index in [1.165, 1.54) is 6.42 Å². The molecule has 0 aromatic heterocycles. The van der Waals surface area contributed by atoms with E-state index in [9.17, 15) is 4.79 Å². The summed E-state index contributed by atoms with van der Waals surface area (Å²) in [7, 11) is 0. The highest BCUT2D eigenvalue weighted by molar-refractivity contribution is 5.86. The summed E-state index contributed by atoms with van der Waals surface area (Å²) in [4.78, 5) is 12.3. The molecule has 1 rings (SSSR count). The van der Waals surface area contributed by atoms with Crippen molar-refractivity contribution < 1.29 is 4.79 Å². The van der Waals surface area contributed by atoms with Crippen molar-refractivity contribution in [2.75, 3.05) is 0 Å². The Bertz CT molecular complexity index is 257. The van der Waals surface area contributed by atoms with Crippen molar-refractivity contribution in [3.8, 4) is 0 Å². The number of carbonyl (C=O) groups excluding carboxylic acids is 1. The summed E-state index contributed by atoms with van der Waals surface area (Å²) in [5, 5.41) is 3.60. The molecule has 2 nitrogen and oxygen atoms in total. The molecule has 0 saturated heterocycles. The van der Waals surface area contributed by atoms with Gasteiger partial charge in [0, 0.05) is 22.9 Å². The van der Waals surface area contributed by atoms with Gasteiger partial charge in [0.05, 0.1) is 0 Å². The van der Waals surface area contributed by atoms with E-state index in [0.717, 1.165) is 12.8 Å². The molecule has 0 aliphatic heterocycles. The first-order valence-corrected chi connectivity index (χ1v) is 6.43. The van der Waals surface area contributed by atoms with Crippen LogP contribution >= 0.6 is 0 Å². The third kappa shape index (κ3) is 3.58. The zero-order valence-electron chi connectivity index (χ0n) is 11.7. The van der Waals surface area contributed by atoms with Crippen molar-refractivity contribution in [3.05, 3.63) is 0 Å². The fourth-order valence-electron chi connectivity index (χ4n) is 2.56. The highest BCUT2D eigenvalue weighted by Gasteiger charge is 2.39. The average Bonchev–Trinajstić information content (AvgIpc) is 2.46. The lowest BCUT2D eigenvalue weighted by Gasteiger charge is -2.32. The van der Waals surface area contributed by atoms with Gasteiger partial charge in [0.15, 0.2) is 0 Å². The van der Waals surface area contributed by atoms with E-state index in [0.29, 0.717) is 11.8 Å². The summed E-state index contributed by atoms with van der Waals surface area (Å²) in [6.45, 7) is 12.6. The molecule has 1 saturated carbocycles. The van der Waals surface area contributed by atoms with Crippen molar-refractivity contribution >= 4 is 5.78 Å². The number of rotatable bonds is 2. The summed E-state index contributed by atoms with van der Waals surface area (Å²) >= 11 is 0. The van der Waals surface area contributed by atoms with Gasteiger partial charge in [0.25, 0.3) is 0 Å². The van der Waals surface area contributed by atoms with E-state index < -0.39 is 0 Å². The zero-order valence-corrected chi connectivity index (χ0v) is 11.7. The fraction of sp³-hybridized carbons (Fsp3) is 0.929. The molecular weight excluding hydrogens is 198 g/mol. The largest absolute Gasteiger partial charge is 0.309 e.